The molecule has 1 aliphatic rings. The molecule has 2 aromatic rings. The summed E-state index contributed by atoms with van der Waals surface area (Å²) < 4.78 is 5.65. The zero-order valence-corrected chi connectivity index (χ0v) is 14.5. The normalized spacial score (nSPS) is 23.2. The summed E-state index contributed by atoms with van der Waals surface area (Å²) in [5, 5.41) is 14.6. The molecule has 1 amide bonds. The van der Waals surface area contributed by atoms with Gasteiger partial charge in [-0.15, -0.1) is 11.3 Å². The van der Waals surface area contributed by atoms with E-state index in [2.05, 4.69) is 10.3 Å². The van der Waals surface area contributed by atoms with Crippen LogP contribution in [0, 0.1) is 5.41 Å². The van der Waals surface area contributed by atoms with E-state index >= 15 is 0 Å². The first kappa shape index (κ1) is 16.9. The minimum atomic E-state index is -0.216. The molecule has 1 fully saturated rings. The predicted molar refractivity (Wildman–Crippen MR) is 93.2 cm³/mol. The highest BCUT2D eigenvalue weighted by Gasteiger charge is 2.39. The van der Waals surface area contributed by atoms with Gasteiger partial charge in [-0.3, -0.25) is 4.79 Å². The quantitative estimate of drug-likeness (QED) is 0.843. The van der Waals surface area contributed by atoms with Crippen LogP contribution in [-0.2, 0) is 6.61 Å². The van der Waals surface area contributed by atoms with Gasteiger partial charge in [0.25, 0.3) is 5.91 Å². The van der Waals surface area contributed by atoms with Gasteiger partial charge in [0, 0.05) is 22.4 Å². The number of hydrogen-bond donors (Lipinski definition) is 2. The number of carbonyl (C=O) groups is 1. The van der Waals surface area contributed by atoms with E-state index < -0.39 is 0 Å². The lowest BCUT2D eigenvalue weighted by Crippen LogP contribution is -2.44. The Balaban J connectivity index is 1.57. The van der Waals surface area contributed by atoms with Crippen LogP contribution in [0.3, 0.4) is 0 Å². The van der Waals surface area contributed by atoms with Crippen molar-refractivity contribution in [1.82, 2.24) is 10.3 Å². The molecule has 0 aliphatic heterocycles. The molecule has 2 atom stereocenters. The fourth-order valence-electron chi connectivity index (χ4n) is 3.08. The van der Waals surface area contributed by atoms with E-state index in [9.17, 15) is 9.90 Å². The van der Waals surface area contributed by atoms with Gasteiger partial charge in [-0.05, 0) is 37.1 Å². The number of rotatable bonds is 6. The van der Waals surface area contributed by atoms with Gasteiger partial charge in [-0.2, -0.15) is 0 Å². The molecule has 5 nitrogen and oxygen atoms in total. The van der Waals surface area contributed by atoms with Crippen LogP contribution < -0.4 is 10.1 Å². The van der Waals surface area contributed by atoms with E-state index in [1.807, 2.05) is 12.3 Å². The maximum atomic E-state index is 12.4. The molecule has 24 heavy (non-hydrogen) atoms. The summed E-state index contributed by atoms with van der Waals surface area (Å²) in [5.74, 6) is 0.605. The number of nitrogens with one attached hydrogen (secondary N) is 1. The molecule has 1 aromatic carbocycles. The number of aliphatic hydroxyl groups is 1. The Kier molecular flexibility index (Phi) is 5.16. The SMILES string of the molecule is CC1(CO)CCCC1NC(=O)c1ccc(OCc2cscn2)cc1. The first-order chi connectivity index (χ1) is 11.6. The average Bonchev–Trinajstić information content (AvgIpc) is 3.24. The number of ether oxygens (including phenoxy) is 1. The summed E-state index contributed by atoms with van der Waals surface area (Å²) in [6, 6.07) is 7.13. The number of thiazole rings is 1. The summed E-state index contributed by atoms with van der Waals surface area (Å²) in [7, 11) is 0. The van der Waals surface area contributed by atoms with Gasteiger partial charge in [-0.1, -0.05) is 13.3 Å². The van der Waals surface area contributed by atoms with Crippen LogP contribution in [-0.4, -0.2) is 28.6 Å². The Hall–Kier alpha value is -1.92. The van der Waals surface area contributed by atoms with Crippen molar-refractivity contribution >= 4 is 17.2 Å². The third-order valence-corrected chi connectivity index (χ3v) is 5.37. The van der Waals surface area contributed by atoms with Gasteiger partial charge in [0.05, 0.1) is 17.8 Å². The molecule has 1 saturated carbocycles. The molecule has 0 spiro atoms. The van der Waals surface area contributed by atoms with Crippen LogP contribution in [0.25, 0.3) is 0 Å². The first-order valence-corrected chi connectivity index (χ1v) is 9.07. The molecule has 0 radical (unpaired) electrons. The number of hydrogen-bond acceptors (Lipinski definition) is 5. The lowest BCUT2D eigenvalue weighted by molar-refractivity contribution is 0.0830. The van der Waals surface area contributed by atoms with Gasteiger partial charge in [-0.25, -0.2) is 4.98 Å². The van der Waals surface area contributed by atoms with Gasteiger partial charge >= 0.3 is 0 Å². The number of aromatic nitrogens is 1. The number of carbonyl (C=O) groups excluding carboxylic acids is 1. The largest absolute Gasteiger partial charge is 0.487 e. The van der Waals surface area contributed by atoms with Gasteiger partial charge in [0.15, 0.2) is 0 Å². The Labute approximate surface area is 145 Å². The smallest absolute Gasteiger partial charge is 0.251 e. The van der Waals surface area contributed by atoms with Crippen molar-refractivity contribution in [2.75, 3.05) is 6.61 Å². The molecule has 1 aliphatic carbocycles. The van der Waals surface area contributed by atoms with E-state index in [1.165, 1.54) is 11.3 Å². The monoisotopic (exact) mass is 346 g/mol. The second-order valence-corrected chi connectivity index (χ2v) is 7.24. The average molecular weight is 346 g/mol. The zero-order valence-electron chi connectivity index (χ0n) is 13.7. The number of nitrogens with zero attached hydrogens (tertiary/aromatic N) is 1. The maximum absolute atomic E-state index is 12.4. The van der Waals surface area contributed by atoms with E-state index in [0.717, 1.165) is 25.0 Å². The Bertz CT molecular complexity index is 672. The van der Waals surface area contributed by atoms with Crippen molar-refractivity contribution in [2.45, 2.75) is 38.8 Å². The van der Waals surface area contributed by atoms with Crippen LogP contribution in [0.1, 0.15) is 42.2 Å². The molecule has 2 N–H and O–H groups in total. The molecule has 3 rings (SSSR count). The second kappa shape index (κ2) is 7.32. The Morgan fingerprint density at radius 3 is 2.92 bits per heavy atom. The third-order valence-electron chi connectivity index (χ3n) is 4.74. The van der Waals surface area contributed by atoms with Gasteiger partial charge < -0.3 is 15.2 Å². The van der Waals surface area contributed by atoms with Crippen LogP contribution >= 0.6 is 11.3 Å². The molecular weight excluding hydrogens is 324 g/mol. The molecular formula is C18H22N2O3S. The molecule has 6 heteroatoms. The standard InChI is InChI=1S/C18H22N2O3S/c1-18(11-21)8-2-3-16(18)20-17(22)13-4-6-15(7-5-13)23-9-14-10-24-12-19-14/h4-7,10,12,16,21H,2-3,8-9,11H2,1H3,(H,20,22). The van der Waals surface area contributed by atoms with Crippen LogP contribution in [0.2, 0.25) is 0 Å². The summed E-state index contributed by atoms with van der Waals surface area (Å²) in [6.45, 7) is 2.55. The number of amides is 1. The van der Waals surface area contributed by atoms with E-state index in [4.69, 9.17) is 4.74 Å². The lowest BCUT2D eigenvalue weighted by atomic mass is 9.85. The minimum Gasteiger partial charge on any atom is -0.487 e. The Morgan fingerprint density at radius 2 is 2.25 bits per heavy atom. The van der Waals surface area contributed by atoms with Crippen molar-refractivity contribution in [3.8, 4) is 5.75 Å². The van der Waals surface area contributed by atoms with Gasteiger partial charge in [0.1, 0.15) is 12.4 Å². The maximum Gasteiger partial charge on any atom is 0.251 e. The topological polar surface area (TPSA) is 71.5 Å². The zero-order chi connectivity index (χ0) is 17.0. The highest BCUT2D eigenvalue weighted by Crippen LogP contribution is 2.37. The van der Waals surface area contributed by atoms with Crippen LogP contribution in [0.15, 0.2) is 35.2 Å². The first-order valence-electron chi connectivity index (χ1n) is 8.12. The third kappa shape index (κ3) is 3.76. The van der Waals surface area contributed by atoms with Crippen LogP contribution in [0.5, 0.6) is 5.75 Å². The Morgan fingerprint density at radius 1 is 1.46 bits per heavy atom. The summed E-state index contributed by atoms with van der Waals surface area (Å²) in [5.41, 5.74) is 3.05. The van der Waals surface area contributed by atoms with Crippen molar-refractivity contribution < 1.29 is 14.6 Å². The molecule has 1 aromatic heterocycles. The summed E-state index contributed by atoms with van der Waals surface area (Å²) in [4.78, 5) is 16.6. The minimum absolute atomic E-state index is 0.0237. The predicted octanol–water partition coefficient (Wildman–Crippen LogP) is 3.00. The molecule has 128 valence electrons. The number of benzene rings is 1. The van der Waals surface area contributed by atoms with E-state index in [-0.39, 0.29) is 24.0 Å². The van der Waals surface area contributed by atoms with Crippen LogP contribution in [0.4, 0.5) is 0 Å². The second-order valence-electron chi connectivity index (χ2n) is 6.52. The van der Waals surface area contributed by atoms with Gasteiger partial charge in [0.2, 0.25) is 0 Å². The fraction of sp³-hybridized carbons (Fsp3) is 0.444. The highest BCUT2D eigenvalue weighted by atomic mass is 32.1. The van der Waals surface area contributed by atoms with Crippen molar-refractivity contribution in [3.05, 3.63) is 46.4 Å². The molecule has 1 heterocycles. The summed E-state index contributed by atoms with van der Waals surface area (Å²) >= 11 is 1.54. The number of aliphatic hydroxyl groups excluding tert-OH is 1. The van der Waals surface area contributed by atoms with E-state index in [0.29, 0.717) is 17.9 Å². The molecule has 0 bridgehead atoms. The fourth-order valence-corrected chi connectivity index (χ4v) is 3.62. The molecule has 2 unspecified atom stereocenters. The molecule has 0 saturated heterocycles. The van der Waals surface area contributed by atoms with E-state index in [1.54, 1.807) is 29.8 Å². The summed E-state index contributed by atoms with van der Waals surface area (Å²) in [6.07, 6.45) is 2.89. The lowest BCUT2D eigenvalue weighted by Gasteiger charge is -2.30. The highest BCUT2D eigenvalue weighted by molar-refractivity contribution is 7.07. The van der Waals surface area contributed by atoms with Crippen molar-refractivity contribution in [3.63, 3.8) is 0 Å². The van der Waals surface area contributed by atoms with Crippen molar-refractivity contribution in [1.29, 1.82) is 0 Å². The van der Waals surface area contributed by atoms with Crippen molar-refractivity contribution in [2.24, 2.45) is 5.41 Å².